The van der Waals surface area contributed by atoms with Gasteiger partial charge in [-0.1, -0.05) is 6.07 Å². The van der Waals surface area contributed by atoms with Gasteiger partial charge in [-0.3, -0.25) is 14.6 Å². The van der Waals surface area contributed by atoms with Gasteiger partial charge < -0.3 is 14.2 Å². The summed E-state index contributed by atoms with van der Waals surface area (Å²) in [5, 5.41) is 4.40. The molecule has 2 aromatic heterocycles. The van der Waals surface area contributed by atoms with Crippen LogP contribution in [0.1, 0.15) is 17.5 Å². The fraction of sp³-hybridized carbons (Fsp3) is 0.192. The number of fused-ring (bicyclic) bond motifs is 1. The van der Waals surface area contributed by atoms with Gasteiger partial charge in [-0.15, -0.1) is 0 Å². The quantitative estimate of drug-likeness (QED) is 0.277. The number of carbonyl (C=O) groups excluding carboxylic acids is 2. The summed E-state index contributed by atoms with van der Waals surface area (Å²) in [6, 6.07) is 11.3. The van der Waals surface area contributed by atoms with Crippen LogP contribution >= 0.6 is 11.3 Å². The summed E-state index contributed by atoms with van der Waals surface area (Å²) in [7, 11) is 3.06. The largest absolute Gasteiger partial charge is 0.493 e. The van der Waals surface area contributed by atoms with Crippen LogP contribution in [0, 0.1) is 5.82 Å². The molecule has 174 valence electrons. The van der Waals surface area contributed by atoms with Crippen molar-refractivity contribution in [1.82, 2.24) is 4.98 Å². The van der Waals surface area contributed by atoms with E-state index in [4.69, 9.17) is 14.2 Å². The van der Waals surface area contributed by atoms with E-state index in [1.54, 1.807) is 30.5 Å². The number of carbonyl (C=O) groups is 2. The van der Waals surface area contributed by atoms with E-state index < -0.39 is 5.82 Å². The van der Waals surface area contributed by atoms with E-state index >= 15 is 0 Å². The second-order valence-corrected chi connectivity index (χ2v) is 8.42. The molecule has 0 aliphatic heterocycles. The van der Waals surface area contributed by atoms with Crippen LogP contribution in [0.2, 0.25) is 0 Å². The van der Waals surface area contributed by atoms with Crippen LogP contribution < -0.4 is 14.2 Å². The number of aromatic nitrogens is 1. The number of rotatable bonds is 10. The maximum Gasteiger partial charge on any atom is 0.166 e. The van der Waals surface area contributed by atoms with Gasteiger partial charge >= 0.3 is 0 Å². The highest BCUT2D eigenvalue weighted by molar-refractivity contribution is 7.08. The number of halogens is 1. The van der Waals surface area contributed by atoms with Gasteiger partial charge in [0.05, 0.1) is 26.2 Å². The standard InChI is InChI=1S/C26H22FNO5S/c1-31-25-13-20-22(14-26(25)32-2)28-7-5-23(20)33-24-4-3-16(11-21(24)27)9-18(29)12-19(30)10-17-6-8-34-15-17/h3-8,11,13-15H,9-10,12H2,1-2H3. The zero-order valence-corrected chi connectivity index (χ0v) is 19.5. The fourth-order valence-electron chi connectivity index (χ4n) is 3.59. The molecule has 2 heterocycles. The number of hydrogen-bond donors (Lipinski definition) is 0. The third-order valence-electron chi connectivity index (χ3n) is 5.20. The van der Waals surface area contributed by atoms with Crippen LogP contribution in [-0.2, 0) is 22.4 Å². The molecule has 2 aromatic carbocycles. The van der Waals surface area contributed by atoms with Crippen molar-refractivity contribution >= 4 is 33.8 Å². The molecule has 0 aliphatic rings. The van der Waals surface area contributed by atoms with E-state index in [0.717, 1.165) is 5.56 Å². The molecule has 0 fully saturated rings. The van der Waals surface area contributed by atoms with Crippen molar-refractivity contribution in [3.8, 4) is 23.0 Å². The van der Waals surface area contributed by atoms with Crippen LogP contribution in [0.4, 0.5) is 4.39 Å². The number of ketones is 2. The van der Waals surface area contributed by atoms with Gasteiger partial charge in [0.15, 0.2) is 23.1 Å². The van der Waals surface area contributed by atoms with E-state index in [9.17, 15) is 14.0 Å². The van der Waals surface area contributed by atoms with Crippen LogP contribution in [0.15, 0.2) is 59.4 Å². The lowest BCUT2D eigenvalue weighted by atomic mass is 10.0. The Morgan fingerprint density at radius 1 is 0.882 bits per heavy atom. The molecular formula is C26H22FNO5S. The van der Waals surface area contributed by atoms with E-state index in [-0.39, 0.29) is 36.6 Å². The number of benzene rings is 2. The van der Waals surface area contributed by atoms with Crippen molar-refractivity contribution in [3.05, 3.63) is 76.4 Å². The Labute approximate surface area is 199 Å². The molecule has 0 atom stereocenters. The van der Waals surface area contributed by atoms with Gasteiger partial charge in [0.1, 0.15) is 17.3 Å². The maximum atomic E-state index is 14.8. The molecule has 0 unspecified atom stereocenters. The number of Topliss-reactive ketones (excluding diaryl/α,β-unsaturated/α-hetero) is 2. The minimum Gasteiger partial charge on any atom is -0.493 e. The zero-order valence-electron chi connectivity index (χ0n) is 18.7. The molecular weight excluding hydrogens is 457 g/mol. The van der Waals surface area contributed by atoms with Crippen molar-refractivity contribution in [2.24, 2.45) is 0 Å². The van der Waals surface area contributed by atoms with E-state index in [1.807, 2.05) is 16.8 Å². The highest BCUT2D eigenvalue weighted by atomic mass is 32.1. The molecule has 0 bridgehead atoms. The number of nitrogens with zero attached hydrogens (tertiary/aromatic N) is 1. The molecule has 0 saturated carbocycles. The second kappa shape index (κ2) is 10.4. The number of pyridine rings is 1. The van der Waals surface area contributed by atoms with Gasteiger partial charge in [-0.25, -0.2) is 4.39 Å². The van der Waals surface area contributed by atoms with Gasteiger partial charge in [0.2, 0.25) is 0 Å². The highest BCUT2D eigenvalue weighted by Crippen LogP contribution is 2.37. The average molecular weight is 480 g/mol. The molecule has 34 heavy (non-hydrogen) atoms. The first kappa shape index (κ1) is 23.4. The number of ether oxygens (including phenoxy) is 3. The SMILES string of the molecule is COc1cc2nccc(Oc3ccc(CC(=O)CC(=O)Cc4ccsc4)cc3F)c2cc1OC. The molecule has 0 saturated heterocycles. The normalized spacial score (nSPS) is 10.8. The smallest absolute Gasteiger partial charge is 0.166 e. The Bertz CT molecular complexity index is 1340. The highest BCUT2D eigenvalue weighted by Gasteiger charge is 2.15. The van der Waals surface area contributed by atoms with Gasteiger partial charge in [0, 0.05) is 30.5 Å². The minimum absolute atomic E-state index is 0.00650. The zero-order chi connectivity index (χ0) is 24.1. The van der Waals surface area contributed by atoms with Crippen molar-refractivity contribution in [2.75, 3.05) is 14.2 Å². The second-order valence-electron chi connectivity index (χ2n) is 7.64. The summed E-state index contributed by atoms with van der Waals surface area (Å²) in [5.74, 6) is 0.402. The van der Waals surface area contributed by atoms with Crippen molar-refractivity contribution in [2.45, 2.75) is 19.3 Å². The third-order valence-corrected chi connectivity index (χ3v) is 5.93. The molecule has 4 aromatic rings. The van der Waals surface area contributed by atoms with Gasteiger partial charge in [0.25, 0.3) is 0 Å². The van der Waals surface area contributed by atoms with Gasteiger partial charge in [-0.2, -0.15) is 11.3 Å². The van der Waals surface area contributed by atoms with Crippen LogP contribution in [0.3, 0.4) is 0 Å². The topological polar surface area (TPSA) is 74.7 Å². The van der Waals surface area contributed by atoms with E-state index in [2.05, 4.69) is 4.98 Å². The predicted octanol–water partition coefficient (Wildman–Crippen LogP) is 5.56. The molecule has 0 spiro atoms. The lowest BCUT2D eigenvalue weighted by Crippen LogP contribution is -2.12. The Kier molecular flexibility index (Phi) is 7.18. The minimum atomic E-state index is -0.611. The Balaban J connectivity index is 1.47. The monoisotopic (exact) mass is 479 g/mol. The van der Waals surface area contributed by atoms with Crippen LogP contribution in [-0.4, -0.2) is 30.8 Å². The van der Waals surface area contributed by atoms with E-state index in [0.29, 0.717) is 33.7 Å². The summed E-state index contributed by atoms with van der Waals surface area (Å²) in [6.45, 7) is 0. The van der Waals surface area contributed by atoms with Gasteiger partial charge in [-0.05, 0) is 52.2 Å². The van der Waals surface area contributed by atoms with E-state index in [1.165, 1.54) is 37.7 Å². The predicted molar refractivity (Wildman–Crippen MR) is 128 cm³/mol. The average Bonchev–Trinajstić information content (AvgIpc) is 3.32. The third kappa shape index (κ3) is 5.40. The summed E-state index contributed by atoms with van der Waals surface area (Å²) < 4.78 is 31.3. The molecule has 8 heteroatoms. The summed E-state index contributed by atoms with van der Waals surface area (Å²) in [6.07, 6.45) is 1.58. The Hall–Kier alpha value is -3.78. The molecule has 4 rings (SSSR count). The Morgan fingerprint density at radius 2 is 1.62 bits per heavy atom. The first-order valence-electron chi connectivity index (χ1n) is 10.5. The molecule has 0 amide bonds. The van der Waals surface area contributed by atoms with Crippen molar-refractivity contribution in [3.63, 3.8) is 0 Å². The van der Waals surface area contributed by atoms with Crippen molar-refractivity contribution in [1.29, 1.82) is 0 Å². The maximum absolute atomic E-state index is 14.8. The number of thiophene rings is 1. The molecule has 6 nitrogen and oxygen atoms in total. The van der Waals surface area contributed by atoms with Crippen molar-refractivity contribution < 1.29 is 28.2 Å². The number of hydrogen-bond acceptors (Lipinski definition) is 7. The lowest BCUT2D eigenvalue weighted by Gasteiger charge is -2.13. The van der Waals surface area contributed by atoms with Crippen LogP contribution in [0.5, 0.6) is 23.0 Å². The summed E-state index contributed by atoms with van der Waals surface area (Å²) in [4.78, 5) is 28.7. The summed E-state index contributed by atoms with van der Waals surface area (Å²) in [5.41, 5.74) is 1.98. The molecule has 0 radical (unpaired) electrons. The Morgan fingerprint density at radius 3 is 2.29 bits per heavy atom. The molecule has 0 N–H and O–H groups in total. The first-order chi connectivity index (χ1) is 16.5. The summed E-state index contributed by atoms with van der Waals surface area (Å²) >= 11 is 1.50. The first-order valence-corrected chi connectivity index (χ1v) is 11.4. The van der Waals surface area contributed by atoms with Crippen LogP contribution in [0.25, 0.3) is 10.9 Å². The fourth-order valence-corrected chi connectivity index (χ4v) is 4.25. The number of methoxy groups -OCH3 is 2. The lowest BCUT2D eigenvalue weighted by molar-refractivity contribution is -0.126. The molecule has 0 aliphatic carbocycles.